The van der Waals surface area contributed by atoms with Crippen molar-refractivity contribution in [1.82, 2.24) is 14.8 Å². The van der Waals surface area contributed by atoms with Gasteiger partial charge in [-0.15, -0.1) is 0 Å². The highest BCUT2D eigenvalue weighted by molar-refractivity contribution is 6.05. The van der Waals surface area contributed by atoms with Crippen LogP contribution in [0.1, 0.15) is 10.5 Å². The molecule has 1 aromatic carbocycles. The molecule has 2 aromatic rings. The fourth-order valence-electron chi connectivity index (χ4n) is 3.13. The molecule has 0 N–H and O–H groups in total. The van der Waals surface area contributed by atoms with E-state index in [-0.39, 0.29) is 5.91 Å². The van der Waals surface area contributed by atoms with Crippen molar-refractivity contribution in [2.45, 2.75) is 0 Å². The van der Waals surface area contributed by atoms with E-state index in [9.17, 15) is 4.79 Å². The van der Waals surface area contributed by atoms with Gasteiger partial charge >= 0.3 is 0 Å². The third-order valence-corrected chi connectivity index (χ3v) is 4.12. The van der Waals surface area contributed by atoms with Gasteiger partial charge in [-0.05, 0) is 25.5 Å². The van der Waals surface area contributed by atoms with Gasteiger partial charge in [0.15, 0.2) is 0 Å². The van der Waals surface area contributed by atoms with Crippen LogP contribution in [-0.2, 0) is 4.74 Å². The van der Waals surface area contributed by atoms with Gasteiger partial charge in [-0.2, -0.15) is 0 Å². The lowest BCUT2D eigenvalue weighted by molar-refractivity contribution is 0.0731. The summed E-state index contributed by atoms with van der Waals surface area (Å²) in [6, 6.07) is 9.83. The molecule has 1 amide bonds. The van der Waals surface area contributed by atoms with Crippen LogP contribution in [0.25, 0.3) is 10.8 Å². The lowest BCUT2D eigenvalue weighted by Crippen LogP contribution is -2.39. The van der Waals surface area contributed by atoms with E-state index < -0.39 is 0 Å². The molecule has 0 bridgehead atoms. The van der Waals surface area contributed by atoms with E-state index in [0.717, 1.165) is 17.3 Å². The molecule has 1 atom stereocenters. The second kappa shape index (κ2) is 7.06. The predicted octanol–water partition coefficient (Wildman–Crippen LogP) is 1.88. The summed E-state index contributed by atoms with van der Waals surface area (Å²) < 4.78 is 5.67. The third kappa shape index (κ3) is 3.68. The maximum atomic E-state index is 13.0. The van der Waals surface area contributed by atoms with Gasteiger partial charge in [-0.1, -0.05) is 24.3 Å². The molecular weight excluding hydrogens is 290 g/mol. The van der Waals surface area contributed by atoms with Crippen molar-refractivity contribution in [2.75, 3.05) is 46.9 Å². The number of benzene rings is 1. The van der Waals surface area contributed by atoms with Crippen molar-refractivity contribution in [3.63, 3.8) is 0 Å². The summed E-state index contributed by atoms with van der Waals surface area (Å²) in [6.45, 7) is 3.52. The fourth-order valence-corrected chi connectivity index (χ4v) is 3.13. The quantitative estimate of drug-likeness (QED) is 0.868. The van der Waals surface area contributed by atoms with Crippen molar-refractivity contribution in [3.8, 4) is 0 Å². The molecule has 0 unspecified atom stereocenters. The molecular formula is C18H23N3O2. The number of hydrogen-bond donors (Lipinski definition) is 0. The largest absolute Gasteiger partial charge is 0.379 e. The predicted molar refractivity (Wildman–Crippen MR) is 90.5 cm³/mol. The van der Waals surface area contributed by atoms with Crippen LogP contribution >= 0.6 is 0 Å². The number of carbonyl (C=O) groups is 1. The zero-order chi connectivity index (χ0) is 16.2. The summed E-state index contributed by atoms with van der Waals surface area (Å²) in [4.78, 5) is 21.4. The van der Waals surface area contributed by atoms with Gasteiger partial charge in [0.1, 0.15) is 5.69 Å². The van der Waals surface area contributed by atoms with Crippen LogP contribution in [0, 0.1) is 5.92 Å². The van der Waals surface area contributed by atoms with Gasteiger partial charge in [0.05, 0.1) is 13.2 Å². The van der Waals surface area contributed by atoms with E-state index in [0.29, 0.717) is 37.9 Å². The van der Waals surface area contributed by atoms with Gasteiger partial charge in [-0.25, -0.2) is 0 Å². The molecule has 0 radical (unpaired) electrons. The van der Waals surface area contributed by atoms with Gasteiger partial charge in [0.2, 0.25) is 0 Å². The Balaban J connectivity index is 1.85. The summed E-state index contributed by atoms with van der Waals surface area (Å²) in [7, 11) is 4.09. The second-order valence-electron chi connectivity index (χ2n) is 6.34. The highest BCUT2D eigenvalue weighted by Crippen LogP contribution is 2.19. The SMILES string of the molecule is CN(C)C[C@H]1COCCN(C(=O)c2nccc3ccccc23)C1. The van der Waals surface area contributed by atoms with E-state index in [2.05, 4.69) is 9.88 Å². The number of pyridine rings is 1. The number of carbonyl (C=O) groups excluding carboxylic acids is 1. The Morgan fingerprint density at radius 2 is 2.17 bits per heavy atom. The molecule has 0 aliphatic carbocycles. The fraction of sp³-hybridized carbons (Fsp3) is 0.444. The Kier molecular flexibility index (Phi) is 4.88. The molecule has 1 aliphatic rings. The Morgan fingerprint density at radius 3 is 3.00 bits per heavy atom. The van der Waals surface area contributed by atoms with Gasteiger partial charge in [0, 0.05) is 37.1 Å². The highest BCUT2D eigenvalue weighted by atomic mass is 16.5. The van der Waals surface area contributed by atoms with E-state index in [1.165, 1.54) is 0 Å². The van der Waals surface area contributed by atoms with Crippen molar-refractivity contribution < 1.29 is 9.53 Å². The molecule has 5 heteroatoms. The Morgan fingerprint density at radius 1 is 1.35 bits per heavy atom. The Hall–Kier alpha value is -1.98. The summed E-state index contributed by atoms with van der Waals surface area (Å²) in [6.07, 6.45) is 1.71. The van der Waals surface area contributed by atoms with E-state index in [4.69, 9.17) is 4.74 Å². The Bertz CT molecular complexity index is 682. The normalized spacial score (nSPS) is 19.1. The molecule has 1 aromatic heterocycles. The van der Waals surface area contributed by atoms with Gasteiger partial charge in [-0.3, -0.25) is 9.78 Å². The molecule has 3 rings (SSSR count). The number of aromatic nitrogens is 1. The van der Waals surface area contributed by atoms with Gasteiger partial charge < -0.3 is 14.5 Å². The molecule has 1 aliphatic heterocycles. The number of amides is 1. The first-order valence-corrected chi connectivity index (χ1v) is 8.00. The van der Waals surface area contributed by atoms with Crippen LogP contribution in [0.15, 0.2) is 36.5 Å². The molecule has 1 saturated heterocycles. The topological polar surface area (TPSA) is 45.7 Å². The average Bonchev–Trinajstić information content (AvgIpc) is 2.78. The Labute approximate surface area is 136 Å². The number of fused-ring (bicyclic) bond motifs is 1. The summed E-state index contributed by atoms with van der Waals surface area (Å²) >= 11 is 0. The second-order valence-corrected chi connectivity index (χ2v) is 6.34. The minimum atomic E-state index is -0.00365. The standard InChI is InChI=1S/C18H23N3O2/c1-20(2)11-14-12-21(9-10-23-13-14)18(22)17-16-6-4-3-5-15(16)7-8-19-17/h3-8,14H,9-13H2,1-2H3/t14-/m1/s1. The van der Waals surface area contributed by atoms with Crippen molar-refractivity contribution in [3.05, 3.63) is 42.2 Å². The lowest BCUT2D eigenvalue weighted by Gasteiger charge is -2.25. The van der Waals surface area contributed by atoms with Crippen LogP contribution in [0.3, 0.4) is 0 Å². The van der Waals surface area contributed by atoms with Crippen LogP contribution in [0.4, 0.5) is 0 Å². The average molecular weight is 313 g/mol. The molecule has 1 fully saturated rings. The number of nitrogens with zero attached hydrogens (tertiary/aromatic N) is 3. The first-order chi connectivity index (χ1) is 11.1. The molecule has 5 nitrogen and oxygen atoms in total. The summed E-state index contributed by atoms with van der Waals surface area (Å²) in [5, 5.41) is 1.95. The zero-order valence-electron chi connectivity index (χ0n) is 13.7. The van der Waals surface area contributed by atoms with Gasteiger partial charge in [0.25, 0.3) is 5.91 Å². The van der Waals surface area contributed by atoms with E-state index >= 15 is 0 Å². The highest BCUT2D eigenvalue weighted by Gasteiger charge is 2.25. The first-order valence-electron chi connectivity index (χ1n) is 8.00. The van der Waals surface area contributed by atoms with Crippen LogP contribution in [0.2, 0.25) is 0 Å². The number of hydrogen-bond acceptors (Lipinski definition) is 4. The van der Waals surface area contributed by atoms with Crippen LogP contribution < -0.4 is 0 Å². The minimum Gasteiger partial charge on any atom is -0.379 e. The maximum Gasteiger partial charge on any atom is 0.273 e. The first kappa shape index (κ1) is 15.9. The smallest absolute Gasteiger partial charge is 0.273 e. The van der Waals surface area contributed by atoms with E-state index in [1.807, 2.05) is 49.3 Å². The zero-order valence-corrected chi connectivity index (χ0v) is 13.7. The molecule has 2 heterocycles. The molecule has 0 spiro atoms. The summed E-state index contributed by atoms with van der Waals surface area (Å²) in [5.74, 6) is 0.322. The molecule has 122 valence electrons. The maximum absolute atomic E-state index is 13.0. The van der Waals surface area contributed by atoms with E-state index in [1.54, 1.807) is 6.20 Å². The summed E-state index contributed by atoms with van der Waals surface area (Å²) in [5.41, 5.74) is 0.536. The monoisotopic (exact) mass is 313 g/mol. The van der Waals surface area contributed by atoms with Crippen LogP contribution in [0.5, 0.6) is 0 Å². The molecule has 0 saturated carbocycles. The lowest BCUT2D eigenvalue weighted by atomic mass is 10.1. The minimum absolute atomic E-state index is 0.00365. The van der Waals surface area contributed by atoms with Crippen molar-refractivity contribution >= 4 is 16.7 Å². The third-order valence-electron chi connectivity index (χ3n) is 4.12. The van der Waals surface area contributed by atoms with Crippen LogP contribution in [-0.4, -0.2) is 67.6 Å². The van der Waals surface area contributed by atoms with Crippen molar-refractivity contribution in [2.24, 2.45) is 5.92 Å². The number of ether oxygens (including phenoxy) is 1. The number of rotatable bonds is 3. The molecule has 23 heavy (non-hydrogen) atoms. The van der Waals surface area contributed by atoms with Crippen molar-refractivity contribution in [1.29, 1.82) is 0 Å².